The van der Waals surface area contributed by atoms with Gasteiger partial charge in [0.2, 0.25) is 15.9 Å². The van der Waals surface area contributed by atoms with Crippen LogP contribution in [0.3, 0.4) is 0 Å². The van der Waals surface area contributed by atoms with Crippen molar-refractivity contribution in [2.75, 3.05) is 32.4 Å². The van der Waals surface area contributed by atoms with Gasteiger partial charge in [-0.3, -0.25) is 9.78 Å². The number of aromatic nitrogens is 1. The summed E-state index contributed by atoms with van der Waals surface area (Å²) < 4.78 is 26.0. The number of amides is 1. The molecule has 2 rings (SSSR count). The van der Waals surface area contributed by atoms with E-state index in [9.17, 15) is 13.2 Å². The Bertz CT molecular complexity index is 598. The molecule has 1 fully saturated rings. The highest BCUT2D eigenvalue weighted by Gasteiger charge is 2.25. The predicted molar refractivity (Wildman–Crippen MR) is 89.4 cm³/mol. The van der Waals surface area contributed by atoms with Crippen molar-refractivity contribution in [3.63, 3.8) is 0 Å². The fourth-order valence-corrected chi connectivity index (χ4v) is 4.16. The van der Waals surface area contributed by atoms with Crippen molar-refractivity contribution >= 4 is 15.9 Å². The van der Waals surface area contributed by atoms with Crippen LogP contribution in [0.4, 0.5) is 0 Å². The van der Waals surface area contributed by atoms with E-state index in [1.807, 2.05) is 12.1 Å². The van der Waals surface area contributed by atoms with Crippen LogP contribution in [0.5, 0.6) is 0 Å². The van der Waals surface area contributed by atoms with Gasteiger partial charge in [-0.25, -0.2) is 12.7 Å². The van der Waals surface area contributed by atoms with Gasteiger partial charge in [0.15, 0.2) is 0 Å². The number of carbonyl (C=O) groups is 1. The zero-order chi connectivity index (χ0) is 16.7. The van der Waals surface area contributed by atoms with E-state index in [2.05, 4.69) is 4.98 Å². The Morgan fingerprint density at radius 2 is 1.87 bits per heavy atom. The van der Waals surface area contributed by atoms with Crippen molar-refractivity contribution in [2.45, 2.75) is 32.1 Å². The molecule has 0 spiro atoms. The highest BCUT2D eigenvalue weighted by Crippen LogP contribution is 2.14. The van der Waals surface area contributed by atoms with E-state index in [0.29, 0.717) is 19.6 Å². The summed E-state index contributed by atoms with van der Waals surface area (Å²) in [6, 6.07) is 3.83. The Balaban J connectivity index is 1.77. The molecule has 1 aliphatic rings. The van der Waals surface area contributed by atoms with Crippen LogP contribution in [-0.4, -0.2) is 60.9 Å². The number of sulfonamides is 1. The molecule has 0 N–H and O–H groups in total. The molecule has 1 saturated heterocycles. The van der Waals surface area contributed by atoms with Crippen LogP contribution in [0, 0.1) is 0 Å². The molecule has 128 valence electrons. The van der Waals surface area contributed by atoms with Crippen molar-refractivity contribution in [3.05, 3.63) is 30.1 Å². The maximum Gasteiger partial charge on any atom is 0.223 e. The fourth-order valence-electron chi connectivity index (χ4n) is 2.65. The molecule has 0 saturated carbocycles. The van der Waals surface area contributed by atoms with Gasteiger partial charge in [-0.15, -0.1) is 0 Å². The number of nitrogens with zero attached hydrogens (tertiary/aromatic N) is 3. The Labute approximate surface area is 138 Å². The molecule has 1 amide bonds. The first kappa shape index (κ1) is 17.9. The first-order valence-electron chi connectivity index (χ1n) is 8.10. The molecule has 0 aliphatic carbocycles. The van der Waals surface area contributed by atoms with Crippen molar-refractivity contribution < 1.29 is 13.2 Å². The Hall–Kier alpha value is -1.47. The minimum atomic E-state index is -3.30. The maximum atomic E-state index is 12.2. The summed E-state index contributed by atoms with van der Waals surface area (Å²) in [5, 5.41) is 0. The normalized spacial score (nSPS) is 16.2. The highest BCUT2D eigenvalue weighted by molar-refractivity contribution is 7.89. The third kappa shape index (κ3) is 5.58. The number of hydrogen-bond acceptors (Lipinski definition) is 4. The highest BCUT2D eigenvalue weighted by atomic mass is 32.2. The fraction of sp³-hybridized carbons (Fsp3) is 0.625. The van der Waals surface area contributed by atoms with Crippen LogP contribution < -0.4 is 0 Å². The summed E-state index contributed by atoms with van der Waals surface area (Å²) >= 11 is 0. The van der Waals surface area contributed by atoms with E-state index < -0.39 is 10.0 Å². The lowest BCUT2D eigenvalue weighted by Crippen LogP contribution is -2.38. The van der Waals surface area contributed by atoms with E-state index in [1.165, 1.54) is 4.31 Å². The lowest BCUT2D eigenvalue weighted by atomic mass is 10.2. The Morgan fingerprint density at radius 1 is 1.22 bits per heavy atom. The average molecular weight is 339 g/mol. The monoisotopic (exact) mass is 339 g/mol. The van der Waals surface area contributed by atoms with Crippen molar-refractivity contribution in [1.82, 2.24) is 14.2 Å². The molecule has 23 heavy (non-hydrogen) atoms. The minimum Gasteiger partial charge on any atom is -0.345 e. The summed E-state index contributed by atoms with van der Waals surface area (Å²) in [5.74, 6) is -0.217. The molecule has 0 bridgehead atoms. The van der Waals surface area contributed by atoms with Crippen molar-refractivity contribution in [3.8, 4) is 0 Å². The second-order valence-corrected chi connectivity index (χ2v) is 8.03. The molecular weight excluding hydrogens is 314 g/mol. The number of piperidine rings is 1. The Kier molecular flexibility index (Phi) is 6.53. The van der Waals surface area contributed by atoms with Crippen LogP contribution in [0.15, 0.2) is 24.5 Å². The number of pyridine rings is 1. The molecule has 1 aromatic heterocycles. The molecule has 0 aromatic carbocycles. The van der Waals surface area contributed by atoms with E-state index in [-0.39, 0.29) is 18.1 Å². The summed E-state index contributed by atoms with van der Waals surface area (Å²) in [5.41, 5.74) is 1.11. The largest absolute Gasteiger partial charge is 0.345 e. The second kappa shape index (κ2) is 8.40. The van der Waals surface area contributed by atoms with Gasteiger partial charge in [0.05, 0.1) is 5.75 Å². The van der Waals surface area contributed by atoms with Gasteiger partial charge in [0, 0.05) is 45.5 Å². The zero-order valence-electron chi connectivity index (χ0n) is 13.6. The topological polar surface area (TPSA) is 70.6 Å². The smallest absolute Gasteiger partial charge is 0.223 e. The first-order valence-corrected chi connectivity index (χ1v) is 9.70. The number of rotatable bonds is 7. The minimum absolute atomic E-state index is 0.0473. The molecule has 1 aromatic rings. The molecule has 1 aliphatic heterocycles. The molecule has 0 unspecified atom stereocenters. The Morgan fingerprint density at radius 3 is 2.52 bits per heavy atom. The lowest BCUT2D eigenvalue weighted by Gasteiger charge is -2.26. The van der Waals surface area contributed by atoms with Gasteiger partial charge < -0.3 is 4.90 Å². The van der Waals surface area contributed by atoms with Crippen LogP contribution in [0.25, 0.3) is 0 Å². The summed E-state index contributed by atoms with van der Waals surface area (Å²) in [4.78, 5) is 17.7. The molecule has 2 heterocycles. The van der Waals surface area contributed by atoms with E-state index in [4.69, 9.17) is 0 Å². The quantitative estimate of drug-likeness (QED) is 0.750. The van der Waals surface area contributed by atoms with Gasteiger partial charge in [-0.1, -0.05) is 6.42 Å². The van der Waals surface area contributed by atoms with Gasteiger partial charge in [-0.2, -0.15) is 0 Å². The average Bonchev–Trinajstić information content (AvgIpc) is 2.59. The van der Waals surface area contributed by atoms with Crippen LogP contribution >= 0.6 is 0 Å². The van der Waals surface area contributed by atoms with Crippen molar-refractivity contribution in [2.24, 2.45) is 0 Å². The van der Waals surface area contributed by atoms with Crippen molar-refractivity contribution in [1.29, 1.82) is 0 Å². The van der Waals surface area contributed by atoms with Crippen LogP contribution in [0.1, 0.15) is 31.2 Å². The molecule has 0 radical (unpaired) electrons. The van der Waals surface area contributed by atoms with Gasteiger partial charge in [-0.05, 0) is 37.0 Å². The van der Waals surface area contributed by atoms with Gasteiger partial charge in [0.1, 0.15) is 0 Å². The predicted octanol–water partition coefficient (Wildman–Crippen LogP) is 1.29. The standard InChI is InChI=1S/C16H25N3O3S/c1-18(13-7-15-5-9-17-10-6-15)16(20)8-14-23(21,22)19-11-3-2-4-12-19/h5-6,9-10H,2-4,7-8,11-14H2,1H3. The number of carbonyl (C=O) groups excluding carboxylic acids is 1. The molecule has 0 atom stereocenters. The van der Waals surface area contributed by atoms with Crippen LogP contribution in [0.2, 0.25) is 0 Å². The molecular formula is C16H25N3O3S. The van der Waals surface area contributed by atoms with Gasteiger partial charge in [0.25, 0.3) is 0 Å². The zero-order valence-corrected chi connectivity index (χ0v) is 14.5. The summed E-state index contributed by atoms with van der Waals surface area (Å²) in [7, 11) is -1.58. The van der Waals surface area contributed by atoms with E-state index in [1.54, 1.807) is 24.3 Å². The maximum absolute atomic E-state index is 12.2. The molecule has 7 heteroatoms. The lowest BCUT2D eigenvalue weighted by molar-refractivity contribution is -0.129. The number of hydrogen-bond donors (Lipinski definition) is 0. The summed E-state index contributed by atoms with van der Waals surface area (Å²) in [6.45, 7) is 1.76. The third-order valence-corrected chi connectivity index (χ3v) is 6.07. The number of likely N-dealkylation sites (N-methyl/N-ethyl adjacent to an activating group) is 1. The summed E-state index contributed by atoms with van der Waals surface area (Å²) in [6.07, 6.45) is 7.15. The van der Waals surface area contributed by atoms with E-state index in [0.717, 1.165) is 31.2 Å². The molecule has 6 nitrogen and oxygen atoms in total. The van der Waals surface area contributed by atoms with Gasteiger partial charge >= 0.3 is 0 Å². The SMILES string of the molecule is CN(CCc1ccncc1)C(=O)CCS(=O)(=O)N1CCCCC1. The third-order valence-electron chi connectivity index (χ3n) is 4.19. The first-order chi connectivity index (χ1) is 11.0. The van der Waals surface area contributed by atoms with Crippen LogP contribution in [-0.2, 0) is 21.2 Å². The second-order valence-electron chi connectivity index (χ2n) is 5.95. The van der Waals surface area contributed by atoms with E-state index >= 15 is 0 Å².